The van der Waals surface area contributed by atoms with Gasteiger partial charge in [-0.15, -0.1) is 0 Å². The second-order valence-corrected chi connectivity index (χ2v) is 5.21. The predicted molar refractivity (Wildman–Crippen MR) is 83.3 cm³/mol. The molecule has 22 heavy (non-hydrogen) atoms. The maximum atomic E-state index is 11.5. The summed E-state index contributed by atoms with van der Waals surface area (Å²) in [7, 11) is 0. The highest BCUT2D eigenvalue weighted by molar-refractivity contribution is 5.90. The van der Waals surface area contributed by atoms with Crippen LogP contribution in [0.15, 0.2) is 42.6 Å². The van der Waals surface area contributed by atoms with Gasteiger partial charge in [0.2, 0.25) is 0 Å². The minimum atomic E-state index is -0.476. The largest absolute Gasteiger partial charge is 0.485 e. The summed E-state index contributed by atoms with van der Waals surface area (Å²) in [5.74, 6) is 6.33. The number of ether oxygens (including phenoxy) is 1. The number of carbonyl (C=O) groups excluding carboxylic acids is 1. The van der Waals surface area contributed by atoms with Crippen LogP contribution in [0.5, 0.6) is 5.75 Å². The normalized spacial score (nSPS) is 13.5. The van der Waals surface area contributed by atoms with E-state index in [0.29, 0.717) is 24.0 Å². The number of pyridine rings is 1. The maximum Gasteiger partial charge on any atom is 0.333 e. The van der Waals surface area contributed by atoms with Crippen molar-refractivity contribution < 1.29 is 9.53 Å². The topological polar surface area (TPSA) is 89.3 Å². The van der Waals surface area contributed by atoms with Crippen molar-refractivity contribution in [1.29, 1.82) is 0 Å². The predicted octanol–water partition coefficient (Wildman–Crippen LogP) is 2.53. The van der Waals surface area contributed by atoms with Crippen LogP contribution in [-0.2, 0) is 6.61 Å². The Bertz CT molecular complexity index is 656. The van der Waals surface area contributed by atoms with Crippen LogP contribution in [0.4, 0.5) is 10.5 Å². The summed E-state index contributed by atoms with van der Waals surface area (Å²) >= 11 is 0. The molecule has 3 rings (SSSR count). The van der Waals surface area contributed by atoms with E-state index in [-0.39, 0.29) is 0 Å². The quantitative estimate of drug-likeness (QED) is 0.449. The monoisotopic (exact) mass is 298 g/mol. The van der Waals surface area contributed by atoms with Gasteiger partial charge in [0, 0.05) is 6.20 Å². The molecule has 1 aliphatic rings. The first-order chi connectivity index (χ1) is 10.8. The molecule has 1 aromatic carbocycles. The third-order valence-electron chi connectivity index (χ3n) is 3.53. The van der Waals surface area contributed by atoms with Crippen molar-refractivity contribution in [2.24, 2.45) is 5.84 Å². The Hall–Kier alpha value is -2.60. The zero-order valence-corrected chi connectivity index (χ0v) is 12.1. The molecule has 1 aromatic heterocycles. The van der Waals surface area contributed by atoms with Crippen molar-refractivity contribution in [2.45, 2.75) is 25.4 Å². The number of hydrogen-bond acceptors (Lipinski definition) is 4. The molecule has 0 bridgehead atoms. The summed E-state index contributed by atoms with van der Waals surface area (Å²) in [4.78, 5) is 15.7. The molecule has 6 nitrogen and oxygen atoms in total. The molecule has 1 heterocycles. The molecule has 0 atom stereocenters. The fourth-order valence-corrected chi connectivity index (χ4v) is 2.32. The van der Waals surface area contributed by atoms with Crippen molar-refractivity contribution in [3.05, 3.63) is 53.9 Å². The highest BCUT2D eigenvalue weighted by atomic mass is 16.5. The summed E-state index contributed by atoms with van der Waals surface area (Å²) in [6.45, 7) is 0.351. The first kappa shape index (κ1) is 14.3. The van der Waals surface area contributed by atoms with E-state index in [1.807, 2.05) is 30.3 Å². The van der Waals surface area contributed by atoms with Gasteiger partial charge in [-0.05, 0) is 42.5 Å². The highest BCUT2D eigenvalue weighted by Crippen LogP contribution is 2.46. The number of rotatable bonds is 5. The smallest absolute Gasteiger partial charge is 0.333 e. The van der Waals surface area contributed by atoms with Crippen molar-refractivity contribution in [2.75, 3.05) is 5.32 Å². The van der Waals surface area contributed by atoms with Crippen LogP contribution in [0.3, 0.4) is 0 Å². The average Bonchev–Trinajstić information content (AvgIpc) is 3.39. The molecule has 1 saturated carbocycles. The molecular formula is C16H18N4O2. The molecule has 2 aromatic rings. The van der Waals surface area contributed by atoms with Gasteiger partial charge >= 0.3 is 6.03 Å². The fraction of sp³-hybridized carbons (Fsp3) is 0.250. The molecule has 0 aliphatic heterocycles. The summed E-state index contributed by atoms with van der Waals surface area (Å²) in [5.41, 5.74) is 4.63. The number of nitrogens with two attached hydrogens (primary N) is 1. The van der Waals surface area contributed by atoms with Gasteiger partial charge in [-0.25, -0.2) is 10.6 Å². The third-order valence-corrected chi connectivity index (χ3v) is 3.53. The summed E-state index contributed by atoms with van der Waals surface area (Å²) < 4.78 is 5.96. The number of nitrogens with zero attached hydrogens (tertiary/aromatic N) is 1. The van der Waals surface area contributed by atoms with E-state index < -0.39 is 6.03 Å². The molecule has 1 aliphatic carbocycles. The molecule has 0 saturated heterocycles. The van der Waals surface area contributed by atoms with Crippen LogP contribution >= 0.6 is 0 Å². The van der Waals surface area contributed by atoms with E-state index >= 15 is 0 Å². The number of hydrogen-bond donors (Lipinski definition) is 3. The lowest BCUT2D eigenvalue weighted by atomic mass is 10.1. The van der Waals surface area contributed by atoms with Crippen molar-refractivity contribution in [3.8, 4) is 5.75 Å². The number of hydrazine groups is 1. The summed E-state index contributed by atoms with van der Waals surface area (Å²) in [6.07, 6.45) is 4.02. The van der Waals surface area contributed by atoms with E-state index in [9.17, 15) is 4.79 Å². The lowest BCUT2D eigenvalue weighted by Crippen LogP contribution is -2.34. The van der Waals surface area contributed by atoms with Crippen molar-refractivity contribution in [1.82, 2.24) is 10.4 Å². The second kappa shape index (κ2) is 6.44. The van der Waals surface area contributed by atoms with Crippen molar-refractivity contribution in [3.63, 3.8) is 0 Å². The van der Waals surface area contributed by atoms with Gasteiger partial charge in [-0.2, -0.15) is 0 Å². The van der Waals surface area contributed by atoms with Crippen LogP contribution in [-0.4, -0.2) is 11.0 Å². The molecule has 0 unspecified atom stereocenters. The highest BCUT2D eigenvalue weighted by Gasteiger charge is 2.28. The van der Waals surface area contributed by atoms with E-state index in [2.05, 4.69) is 15.7 Å². The van der Waals surface area contributed by atoms with E-state index in [1.54, 1.807) is 12.3 Å². The third kappa shape index (κ3) is 3.35. The molecule has 1 fully saturated rings. The van der Waals surface area contributed by atoms with Crippen LogP contribution in [0.2, 0.25) is 0 Å². The Morgan fingerprint density at radius 2 is 2.14 bits per heavy atom. The van der Waals surface area contributed by atoms with Crippen LogP contribution in [0.25, 0.3) is 0 Å². The first-order valence-electron chi connectivity index (χ1n) is 7.21. The standard InChI is InChI=1S/C16H18N4O2/c17-20-16(21)19-14-6-3-5-13(11-7-8-11)15(14)22-10-12-4-1-2-9-18-12/h1-6,9,11H,7-8,10,17H2,(H2,19,20,21). The fourth-order valence-electron chi connectivity index (χ4n) is 2.32. The zero-order chi connectivity index (χ0) is 15.4. The Labute approximate surface area is 128 Å². The van der Waals surface area contributed by atoms with Gasteiger partial charge in [-0.3, -0.25) is 10.4 Å². The number of para-hydroxylation sites is 1. The minimum Gasteiger partial charge on any atom is -0.485 e. The molecule has 4 N–H and O–H groups in total. The SMILES string of the molecule is NNC(=O)Nc1cccc(C2CC2)c1OCc1ccccn1. The number of benzene rings is 1. The summed E-state index contributed by atoms with van der Waals surface area (Å²) in [6, 6.07) is 11.0. The van der Waals surface area contributed by atoms with Gasteiger partial charge in [0.1, 0.15) is 12.4 Å². The first-order valence-corrected chi connectivity index (χ1v) is 7.21. The summed E-state index contributed by atoms with van der Waals surface area (Å²) in [5, 5.41) is 2.70. The molecule has 114 valence electrons. The molecule has 0 radical (unpaired) electrons. The zero-order valence-electron chi connectivity index (χ0n) is 12.1. The van der Waals surface area contributed by atoms with E-state index in [1.165, 1.54) is 0 Å². The molecule has 6 heteroatoms. The van der Waals surface area contributed by atoms with Gasteiger partial charge < -0.3 is 10.1 Å². The Balaban J connectivity index is 1.84. The number of amides is 2. The Kier molecular flexibility index (Phi) is 4.20. The number of carbonyl (C=O) groups is 1. The van der Waals surface area contributed by atoms with Gasteiger partial charge in [0.25, 0.3) is 0 Å². The molecule has 0 spiro atoms. The number of nitrogens with one attached hydrogen (secondary N) is 2. The van der Waals surface area contributed by atoms with Crippen LogP contribution in [0, 0.1) is 0 Å². The lowest BCUT2D eigenvalue weighted by molar-refractivity contribution is 0.252. The van der Waals surface area contributed by atoms with Crippen LogP contribution in [0.1, 0.15) is 30.0 Å². The number of anilines is 1. The number of urea groups is 1. The lowest BCUT2D eigenvalue weighted by Gasteiger charge is -2.16. The second-order valence-electron chi connectivity index (χ2n) is 5.21. The Morgan fingerprint density at radius 1 is 1.27 bits per heavy atom. The van der Waals surface area contributed by atoms with Crippen LogP contribution < -0.4 is 21.3 Å². The Morgan fingerprint density at radius 3 is 2.82 bits per heavy atom. The number of aromatic nitrogens is 1. The average molecular weight is 298 g/mol. The molecule has 2 amide bonds. The maximum absolute atomic E-state index is 11.5. The molecular weight excluding hydrogens is 280 g/mol. The van der Waals surface area contributed by atoms with Crippen molar-refractivity contribution >= 4 is 11.7 Å². The minimum absolute atomic E-state index is 0.351. The van der Waals surface area contributed by atoms with E-state index in [4.69, 9.17) is 10.6 Å². The van der Waals surface area contributed by atoms with Gasteiger partial charge in [0.05, 0.1) is 11.4 Å². The van der Waals surface area contributed by atoms with Gasteiger partial charge in [0.15, 0.2) is 0 Å². The van der Waals surface area contributed by atoms with Gasteiger partial charge in [-0.1, -0.05) is 18.2 Å². The van der Waals surface area contributed by atoms with E-state index in [0.717, 1.165) is 24.1 Å².